The van der Waals surface area contributed by atoms with Crippen molar-refractivity contribution in [3.8, 4) is 11.5 Å². The Hall–Kier alpha value is -1.41. The van der Waals surface area contributed by atoms with Gasteiger partial charge >= 0.3 is 0 Å². The third-order valence-corrected chi connectivity index (χ3v) is 4.76. The zero-order valence-corrected chi connectivity index (χ0v) is 16.2. The second kappa shape index (κ2) is 8.44. The minimum absolute atomic E-state index is 0.173. The molecule has 0 saturated heterocycles. The summed E-state index contributed by atoms with van der Waals surface area (Å²) in [5.74, 6) is 1.93. The molecule has 0 heterocycles. The molecule has 2 aromatic carbocycles. The molecule has 0 unspecified atom stereocenters. The van der Waals surface area contributed by atoms with Gasteiger partial charge in [0.1, 0.15) is 0 Å². The fourth-order valence-electron chi connectivity index (χ4n) is 2.08. The lowest BCUT2D eigenvalue weighted by atomic mass is 10.1. The van der Waals surface area contributed by atoms with Gasteiger partial charge in [0.2, 0.25) is 0 Å². The SMILES string of the molecule is COc1cc(I)c(C(=O)Nc2ccc(CSC)cc2)cc1OC. The van der Waals surface area contributed by atoms with Crippen molar-refractivity contribution >= 4 is 45.9 Å². The van der Waals surface area contributed by atoms with E-state index in [9.17, 15) is 4.79 Å². The van der Waals surface area contributed by atoms with Crippen molar-refractivity contribution in [3.63, 3.8) is 0 Å². The van der Waals surface area contributed by atoms with Crippen molar-refractivity contribution in [1.29, 1.82) is 0 Å². The van der Waals surface area contributed by atoms with E-state index in [1.165, 1.54) is 5.56 Å². The van der Waals surface area contributed by atoms with Crippen molar-refractivity contribution in [2.45, 2.75) is 5.75 Å². The first-order valence-corrected chi connectivity index (χ1v) is 9.37. The molecule has 2 rings (SSSR count). The first-order chi connectivity index (χ1) is 11.1. The Morgan fingerprint density at radius 2 is 1.74 bits per heavy atom. The van der Waals surface area contributed by atoms with Crippen molar-refractivity contribution in [2.24, 2.45) is 0 Å². The van der Waals surface area contributed by atoms with E-state index in [0.717, 1.165) is 15.0 Å². The fraction of sp³-hybridized carbons (Fsp3) is 0.235. The highest BCUT2D eigenvalue weighted by Gasteiger charge is 2.15. The van der Waals surface area contributed by atoms with Gasteiger partial charge in [0.25, 0.3) is 5.91 Å². The Balaban J connectivity index is 2.20. The fourth-order valence-corrected chi connectivity index (χ4v) is 3.29. The van der Waals surface area contributed by atoms with Gasteiger partial charge in [-0.2, -0.15) is 11.8 Å². The molecule has 0 spiro atoms. The van der Waals surface area contributed by atoms with E-state index in [2.05, 4.69) is 34.2 Å². The predicted octanol–water partition coefficient (Wildman–Crippen LogP) is 4.42. The normalized spacial score (nSPS) is 10.3. The third kappa shape index (κ3) is 4.54. The monoisotopic (exact) mass is 443 g/mol. The largest absolute Gasteiger partial charge is 0.493 e. The van der Waals surface area contributed by atoms with Crippen LogP contribution in [0, 0.1) is 3.57 Å². The molecule has 4 nitrogen and oxygen atoms in total. The molecule has 0 bridgehead atoms. The van der Waals surface area contributed by atoms with Crippen LogP contribution in [0.5, 0.6) is 11.5 Å². The zero-order chi connectivity index (χ0) is 16.8. The van der Waals surface area contributed by atoms with Crippen molar-refractivity contribution in [2.75, 3.05) is 25.8 Å². The summed E-state index contributed by atoms with van der Waals surface area (Å²) < 4.78 is 11.3. The van der Waals surface area contributed by atoms with E-state index < -0.39 is 0 Å². The maximum absolute atomic E-state index is 12.5. The Kier molecular flexibility index (Phi) is 6.59. The van der Waals surface area contributed by atoms with Crippen molar-refractivity contribution in [3.05, 3.63) is 51.1 Å². The standard InChI is InChI=1S/C17H18INO3S/c1-21-15-8-13(14(18)9-16(15)22-2)17(20)19-12-6-4-11(5-7-12)10-23-3/h4-9H,10H2,1-3H3,(H,19,20). The Bertz CT molecular complexity index is 689. The van der Waals surface area contributed by atoms with E-state index in [4.69, 9.17) is 9.47 Å². The van der Waals surface area contributed by atoms with Gasteiger partial charge in [-0.15, -0.1) is 0 Å². The Morgan fingerprint density at radius 3 is 2.30 bits per heavy atom. The molecule has 2 aromatic rings. The van der Waals surface area contributed by atoms with Crippen molar-refractivity contribution < 1.29 is 14.3 Å². The number of carbonyl (C=O) groups excluding carboxylic acids is 1. The number of hydrogen-bond acceptors (Lipinski definition) is 4. The highest BCUT2D eigenvalue weighted by Crippen LogP contribution is 2.31. The lowest BCUT2D eigenvalue weighted by Crippen LogP contribution is -2.14. The van der Waals surface area contributed by atoms with E-state index in [-0.39, 0.29) is 5.91 Å². The molecule has 0 radical (unpaired) electrons. The quantitative estimate of drug-likeness (QED) is 0.672. The highest BCUT2D eigenvalue weighted by atomic mass is 127. The summed E-state index contributed by atoms with van der Waals surface area (Å²) in [7, 11) is 3.13. The van der Waals surface area contributed by atoms with Gasteiger partial charge in [-0.3, -0.25) is 4.79 Å². The summed E-state index contributed by atoms with van der Waals surface area (Å²) >= 11 is 3.88. The van der Waals surface area contributed by atoms with Crippen LogP contribution < -0.4 is 14.8 Å². The second-order valence-electron chi connectivity index (χ2n) is 4.77. The molecular formula is C17H18INO3S. The smallest absolute Gasteiger partial charge is 0.256 e. The number of amides is 1. The summed E-state index contributed by atoms with van der Waals surface area (Å²) in [6, 6.07) is 11.3. The van der Waals surface area contributed by atoms with Gasteiger partial charge in [0, 0.05) is 15.0 Å². The maximum Gasteiger partial charge on any atom is 0.256 e. The van der Waals surface area contributed by atoms with Crippen LogP contribution in [-0.2, 0) is 5.75 Å². The van der Waals surface area contributed by atoms with Crippen LogP contribution in [0.4, 0.5) is 5.69 Å². The van der Waals surface area contributed by atoms with Gasteiger partial charge in [-0.1, -0.05) is 12.1 Å². The second-order valence-corrected chi connectivity index (χ2v) is 6.80. The van der Waals surface area contributed by atoms with Gasteiger partial charge in [0.05, 0.1) is 19.8 Å². The first kappa shape index (κ1) is 17.9. The van der Waals surface area contributed by atoms with Crippen LogP contribution in [0.15, 0.2) is 36.4 Å². The number of thioether (sulfide) groups is 1. The van der Waals surface area contributed by atoms with E-state index in [1.807, 2.05) is 24.3 Å². The molecule has 1 amide bonds. The van der Waals surface area contributed by atoms with Crippen LogP contribution >= 0.6 is 34.4 Å². The van der Waals surface area contributed by atoms with E-state index >= 15 is 0 Å². The first-order valence-electron chi connectivity index (χ1n) is 6.89. The Morgan fingerprint density at radius 1 is 1.13 bits per heavy atom. The molecule has 0 aromatic heterocycles. The van der Waals surface area contributed by atoms with Gasteiger partial charge in [0.15, 0.2) is 11.5 Å². The molecule has 0 atom stereocenters. The van der Waals surface area contributed by atoms with Crippen LogP contribution in [0.3, 0.4) is 0 Å². The number of anilines is 1. The average molecular weight is 443 g/mol. The number of benzene rings is 2. The molecule has 1 N–H and O–H groups in total. The lowest BCUT2D eigenvalue weighted by Gasteiger charge is -2.12. The number of rotatable bonds is 6. The average Bonchev–Trinajstić information content (AvgIpc) is 2.56. The summed E-state index contributed by atoms with van der Waals surface area (Å²) in [6.07, 6.45) is 2.06. The number of hydrogen-bond donors (Lipinski definition) is 1. The topological polar surface area (TPSA) is 47.6 Å². The van der Waals surface area contributed by atoms with Crippen LogP contribution in [0.1, 0.15) is 15.9 Å². The van der Waals surface area contributed by atoms with E-state index in [1.54, 1.807) is 38.1 Å². The molecule has 122 valence electrons. The summed E-state index contributed by atoms with van der Waals surface area (Å²) in [6.45, 7) is 0. The molecular weight excluding hydrogens is 425 g/mol. The third-order valence-electron chi connectivity index (χ3n) is 3.24. The number of ether oxygens (including phenoxy) is 2. The van der Waals surface area contributed by atoms with Crippen molar-refractivity contribution in [1.82, 2.24) is 0 Å². The molecule has 0 aliphatic rings. The van der Waals surface area contributed by atoms with Gasteiger partial charge in [-0.05, 0) is 58.7 Å². The molecule has 0 saturated carbocycles. The molecule has 23 heavy (non-hydrogen) atoms. The molecule has 6 heteroatoms. The highest BCUT2D eigenvalue weighted by molar-refractivity contribution is 14.1. The van der Waals surface area contributed by atoms with Gasteiger partial charge in [-0.25, -0.2) is 0 Å². The molecule has 0 aliphatic carbocycles. The molecule has 0 aliphatic heterocycles. The number of nitrogens with one attached hydrogen (secondary N) is 1. The van der Waals surface area contributed by atoms with Crippen LogP contribution in [0.25, 0.3) is 0 Å². The molecule has 0 fully saturated rings. The summed E-state index contributed by atoms with van der Waals surface area (Å²) in [4.78, 5) is 12.5. The predicted molar refractivity (Wildman–Crippen MR) is 104 cm³/mol. The summed E-state index contributed by atoms with van der Waals surface area (Å²) in [5, 5.41) is 2.91. The number of halogens is 1. The minimum Gasteiger partial charge on any atom is -0.493 e. The number of carbonyl (C=O) groups is 1. The van der Waals surface area contributed by atoms with Crippen LogP contribution in [-0.4, -0.2) is 26.4 Å². The maximum atomic E-state index is 12.5. The van der Waals surface area contributed by atoms with E-state index in [0.29, 0.717) is 17.1 Å². The van der Waals surface area contributed by atoms with Gasteiger partial charge < -0.3 is 14.8 Å². The summed E-state index contributed by atoms with van der Waals surface area (Å²) in [5.41, 5.74) is 2.55. The zero-order valence-electron chi connectivity index (χ0n) is 13.2. The number of methoxy groups -OCH3 is 2. The minimum atomic E-state index is -0.173. The van der Waals surface area contributed by atoms with Crippen LogP contribution in [0.2, 0.25) is 0 Å². The lowest BCUT2D eigenvalue weighted by molar-refractivity contribution is 0.102. The Labute approximate surface area is 154 Å².